The van der Waals surface area contributed by atoms with Gasteiger partial charge in [-0.1, -0.05) is 34.6 Å². The van der Waals surface area contributed by atoms with Crippen molar-refractivity contribution in [3.8, 4) is 0 Å². The summed E-state index contributed by atoms with van der Waals surface area (Å²) in [7, 11) is 0. The molecule has 0 aliphatic heterocycles. The first-order valence-corrected chi connectivity index (χ1v) is 7.69. The lowest BCUT2D eigenvalue weighted by atomic mass is 10.3. The lowest BCUT2D eigenvalue weighted by Crippen LogP contribution is -2.25. The molecule has 0 rings (SSSR count). The third-order valence-corrected chi connectivity index (χ3v) is 2.47. The van der Waals surface area contributed by atoms with Crippen LogP contribution in [0.4, 0.5) is 0 Å². The highest BCUT2D eigenvalue weighted by atomic mass is 15.1. The van der Waals surface area contributed by atoms with Gasteiger partial charge in [-0.05, 0) is 64.8 Å². The standard InChI is InChI=1S/C9H21N.C6H15N/c1-4-7-10(8-5-2)9-6-3;1-3-5-7-6-4-2/h4-9H2,1-3H3;7H,3-6H2,1-2H3. The van der Waals surface area contributed by atoms with E-state index in [1.807, 2.05) is 0 Å². The van der Waals surface area contributed by atoms with E-state index in [9.17, 15) is 0 Å². The van der Waals surface area contributed by atoms with Crippen LogP contribution in [0.3, 0.4) is 0 Å². The molecule has 2 heteroatoms. The third-order valence-electron chi connectivity index (χ3n) is 2.47. The SMILES string of the molecule is CCCN(CCC)CCC.CCCNCCC. The smallest absolute Gasteiger partial charge is 0.00214 e. The molecule has 0 aliphatic carbocycles. The predicted molar refractivity (Wildman–Crippen MR) is 80.8 cm³/mol. The van der Waals surface area contributed by atoms with Crippen LogP contribution in [0.5, 0.6) is 0 Å². The van der Waals surface area contributed by atoms with Gasteiger partial charge in [0.15, 0.2) is 0 Å². The van der Waals surface area contributed by atoms with Gasteiger partial charge in [-0.2, -0.15) is 0 Å². The van der Waals surface area contributed by atoms with Crippen molar-refractivity contribution in [1.29, 1.82) is 0 Å². The van der Waals surface area contributed by atoms with Crippen LogP contribution in [0.1, 0.15) is 66.7 Å². The van der Waals surface area contributed by atoms with Gasteiger partial charge in [-0.3, -0.25) is 0 Å². The molecule has 106 valence electrons. The molecule has 0 radical (unpaired) electrons. The van der Waals surface area contributed by atoms with Crippen LogP contribution in [0.2, 0.25) is 0 Å². The van der Waals surface area contributed by atoms with Gasteiger partial charge in [-0.25, -0.2) is 0 Å². The molecule has 0 saturated carbocycles. The van der Waals surface area contributed by atoms with E-state index in [1.54, 1.807) is 0 Å². The second-order valence-electron chi connectivity index (χ2n) is 4.59. The van der Waals surface area contributed by atoms with Gasteiger partial charge in [0.05, 0.1) is 0 Å². The topological polar surface area (TPSA) is 15.3 Å². The number of nitrogens with zero attached hydrogens (tertiary/aromatic N) is 1. The quantitative estimate of drug-likeness (QED) is 0.586. The fourth-order valence-corrected chi connectivity index (χ4v) is 1.76. The summed E-state index contributed by atoms with van der Waals surface area (Å²) in [6.45, 7) is 17.3. The van der Waals surface area contributed by atoms with Crippen LogP contribution in [-0.2, 0) is 0 Å². The molecule has 0 fully saturated rings. The van der Waals surface area contributed by atoms with Crippen LogP contribution in [0.25, 0.3) is 0 Å². The van der Waals surface area contributed by atoms with E-state index in [1.165, 1.54) is 64.8 Å². The molecule has 0 aromatic heterocycles. The van der Waals surface area contributed by atoms with Crippen molar-refractivity contribution < 1.29 is 0 Å². The van der Waals surface area contributed by atoms with Crippen LogP contribution in [0.15, 0.2) is 0 Å². The minimum atomic E-state index is 1.17. The second kappa shape index (κ2) is 18.3. The number of hydrogen-bond acceptors (Lipinski definition) is 2. The molecule has 2 nitrogen and oxygen atoms in total. The molecule has 0 amide bonds. The molecule has 0 heterocycles. The Bertz CT molecular complexity index is 97.2. The Morgan fingerprint density at radius 2 is 0.941 bits per heavy atom. The molecule has 0 aromatic carbocycles. The van der Waals surface area contributed by atoms with E-state index in [0.717, 1.165) is 0 Å². The van der Waals surface area contributed by atoms with Crippen molar-refractivity contribution in [3.05, 3.63) is 0 Å². The van der Waals surface area contributed by atoms with Crippen LogP contribution in [0, 0.1) is 0 Å². The normalized spacial score (nSPS) is 10.2. The summed E-state index contributed by atoms with van der Waals surface area (Å²) in [6.07, 6.45) is 6.38. The molecular formula is C15H36N2. The average molecular weight is 244 g/mol. The van der Waals surface area contributed by atoms with E-state index in [-0.39, 0.29) is 0 Å². The highest BCUT2D eigenvalue weighted by Crippen LogP contribution is 1.94. The Morgan fingerprint density at radius 3 is 1.18 bits per heavy atom. The van der Waals surface area contributed by atoms with E-state index in [4.69, 9.17) is 0 Å². The summed E-state index contributed by atoms with van der Waals surface area (Å²) >= 11 is 0. The van der Waals surface area contributed by atoms with Crippen molar-refractivity contribution >= 4 is 0 Å². The van der Waals surface area contributed by atoms with Gasteiger partial charge >= 0.3 is 0 Å². The number of nitrogens with one attached hydrogen (secondary N) is 1. The Morgan fingerprint density at radius 1 is 0.588 bits per heavy atom. The summed E-state index contributed by atoms with van der Waals surface area (Å²) in [6, 6.07) is 0. The molecule has 0 atom stereocenters. The van der Waals surface area contributed by atoms with Gasteiger partial charge < -0.3 is 10.2 Å². The van der Waals surface area contributed by atoms with Crippen LogP contribution in [-0.4, -0.2) is 37.6 Å². The van der Waals surface area contributed by atoms with Crippen molar-refractivity contribution in [1.82, 2.24) is 10.2 Å². The highest BCUT2D eigenvalue weighted by molar-refractivity contribution is 4.53. The van der Waals surface area contributed by atoms with Crippen molar-refractivity contribution in [2.45, 2.75) is 66.7 Å². The zero-order valence-electron chi connectivity index (χ0n) is 13.0. The lowest BCUT2D eigenvalue weighted by molar-refractivity contribution is 0.275. The Kier molecular flexibility index (Phi) is 20.7. The fraction of sp³-hybridized carbons (Fsp3) is 1.00. The molecule has 0 bridgehead atoms. The maximum Gasteiger partial charge on any atom is -0.00214 e. The molecule has 0 saturated heterocycles. The monoisotopic (exact) mass is 244 g/mol. The van der Waals surface area contributed by atoms with Crippen molar-refractivity contribution in [2.75, 3.05) is 32.7 Å². The highest BCUT2D eigenvalue weighted by Gasteiger charge is 1.98. The molecule has 0 aromatic rings. The van der Waals surface area contributed by atoms with Crippen molar-refractivity contribution in [2.24, 2.45) is 0 Å². The molecule has 0 spiro atoms. The third kappa shape index (κ3) is 18.5. The zero-order valence-corrected chi connectivity index (χ0v) is 13.0. The first-order valence-electron chi connectivity index (χ1n) is 7.69. The maximum atomic E-state index is 3.28. The van der Waals surface area contributed by atoms with E-state index in [0.29, 0.717) is 0 Å². The summed E-state index contributed by atoms with van der Waals surface area (Å²) in [4.78, 5) is 2.54. The minimum absolute atomic E-state index is 1.17. The first-order chi connectivity index (χ1) is 8.26. The first kappa shape index (κ1) is 19.3. The largest absolute Gasteiger partial charge is 0.317 e. The molecule has 0 aliphatic rings. The molecule has 1 N–H and O–H groups in total. The minimum Gasteiger partial charge on any atom is -0.317 e. The Hall–Kier alpha value is -0.0800. The lowest BCUT2D eigenvalue weighted by Gasteiger charge is -2.19. The van der Waals surface area contributed by atoms with Crippen LogP contribution >= 0.6 is 0 Å². The summed E-state index contributed by atoms with van der Waals surface area (Å²) in [5.74, 6) is 0. The predicted octanol–water partition coefficient (Wildman–Crippen LogP) is 3.91. The van der Waals surface area contributed by atoms with Gasteiger partial charge in [0.1, 0.15) is 0 Å². The summed E-state index contributed by atoms with van der Waals surface area (Å²) in [5, 5.41) is 3.28. The molecule has 0 unspecified atom stereocenters. The maximum absolute atomic E-state index is 3.28. The Labute approximate surface area is 110 Å². The summed E-state index contributed by atoms with van der Waals surface area (Å²) in [5.41, 5.74) is 0. The zero-order chi connectivity index (χ0) is 13.4. The van der Waals surface area contributed by atoms with Gasteiger partial charge in [0.2, 0.25) is 0 Å². The van der Waals surface area contributed by atoms with Gasteiger partial charge in [0.25, 0.3) is 0 Å². The van der Waals surface area contributed by atoms with Crippen molar-refractivity contribution in [3.63, 3.8) is 0 Å². The van der Waals surface area contributed by atoms with Gasteiger partial charge in [-0.15, -0.1) is 0 Å². The van der Waals surface area contributed by atoms with E-state index < -0.39 is 0 Å². The fourth-order valence-electron chi connectivity index (χ4n) is 1.76. The van der Waals surface area contributed by atoms with Gasteiger partial charge in [0, 0.05) is 0 Å². The van der Waals surface area contributed by atoms with E-state index >= 15 is 0 Å². The molecule has 17 heavy (non-hydrogen) atoms. The Balaban J connectivity index is 0. The van der Waals surface area contributed by atoms with E-state index in [2.05, 4.69) is 44.8 Å². The number of hydrogen-bond donors (Lipinski definition) is 1. The second-order valence-corrected chi connectivity index (χ2v) is 4.59. The number of rotatable bonds is 10. The van der Waals surface area contributed by atoms with Crippen LogP contribution < -0.4 is 5.32 Å². The average Bonchev–Trinajstić information content (AvgIpc) is 2.32. The molecular weight excluding hydrogens is 208 g/mol. The summed E-state index contributed by atoms with van der Waals surface area (Å²) < 4.78 is 0.